The molecule has 1 aromatic carbocycles. The number of aliphatic imine (C=N–C) groups is 1. The first kappa shape index (κ1) is 10.6. The zero-order valence-electron chi connectivity index (χ0n) is 6.76. The summed E-state index contributed by atoms with van der Waals surface area (Å²) in [6, 6.07) is 5.49. The number of halogens is 2. The van der Waals surface area contributed by atoms with Gasteiger partial charge in [0.05, 0.1) is 5.69 Å². The lowest BCUT2D eigenvalue weighted by molar-refractivity contribution is 1.41. The quantitative estimate of drug-likeness (QED) is 0.700. The van der Waals surface area contributed by atoms with Crippen LogP contribution in [-0.2, 0) is 0 Å². The molecule has 0 atom stereocenters. The third-order valence-electron chi connectivity index (χ3n) is 1.52. The summed E-state index contributed by atoms with van der Waals surface area (Å²) in [7, 11) is 6.73. The maximum absolute atomic E-state index is 5.78. The molecule has 68 valence electrons. The lowest BCUT2D eigenvalue weighted by atomic mass is 10.2. The van der Waals surface area contributed by atoms with E-state index < -0.39 is 0 Å². The van der Waals surface area contributed by atoms with E-state index in [1.165, 1.54) is 0 Å². The molecule has 0 fully saturated rings. The Morgan fingerprint density at radius 1 is 1.46 bits per heavy atom. The van der Waals surface area contributed by atoms with Gasteiger partial charge in [-0.15, -0.1) is 0 Å². The molecule has 0 heterocycles. The molecule has 0 aromatic heterocycles. The van der Waals surface area contributed by atoms with Crippen molar-refractivity contribution >= 4 is 50.7 Å². The van der Waals surface area contributed by atoms with Crippen LogP contribution >= 0.6 is 33.3 Å². The molecule has 1 nitrogen and oxygen atoms in total. The van der Waals surface area contributed by atoms with Gasteiger partial charge in [0.25, 0.3) is 0 Å². The van der Waals surface area contributed by atoms with E-state index in [0.717, 1.165) is 27.1 Å². The molecule has 1 aromatic rings. The third-order valence-corrected chi connectivity index (χ3v) is 2.69. The summed E-state index contributed by atoms with van der Waals surface area (Å²) in [6.07, 6.45) is 0. The number of hydrogen-bond acceptors (Lipinski definition) is 2. The molecule has 0 amide bonds. The Bertz CT molecular complexity index is 349. The molecule has 0 radical (unpaired) electrons. The van der Waals surface area contributed by atoms with Gasteiger partial charge in [-0.05, 0) is 46.6 Å². The Hall–Kier alpha value is -0.440. The highest BCUT2D eigenvalue weighted by atomic mass is 35.7. The zero-order chi connectivity index (χ0) is 9.84. The lowest BCUT2D eigenvalue weighted by Gasteiger charge is -2.04. The Kier molecular flexibility index (Phi) is 3.85. The van der Waals surface area contributed by atoms with Gasteiger partial charge in [-0.3, -0.25) is 4.99 Å². The van der Waals surface area contributed by atoms with Crippen LogP contribution in [0.3, 0.4) is 0 Å². The van der Waals surface area contributed by atoms with Crippen molar-refractivity contribution in [3.05, 3.63) is 30.3 Å². The topological polar surface area (TPSA) is 12.4 Å². The average molecular weight is 232 g/mol. The summed E-state index contributed by atoms with van der Waals surface area (Å²) in [5, 5.41) is 0.440. The van der Waals surface area contributed by atoms with Gasteiger partial charge in [0, 0.05) is 15.5 Å². The molecule has 4 heteroatoms. The standard InChI is InChI=1S/C9H7Cl2NS/c1-6(10)8-5-7(13-11)3-4-9(8)12-2/h3-5H,1-2H2. The normalized spacial score (nSPS) is 9.69. The molecular weight excluding hydrogens is 225 g/mol. The minimum Gasteiger partial charge on any atom is -0.264 e. The van der Waals surface area contributed by atoms with Gasteiger partial charge in [0.15, 0.2) is 0 Å². The highest BCUT2D eigenvalue weighted by Gasteiger charge is 2.04. The number of benzene rings is 1. The molecular formula is C9H7Cl2NS. The molecule has 0 aliphatic rings. The minimum atomic E-state index is 0.440. The van der Waals surface area contributed by atoms with Gasteiger partial charge in [-0.2, -0.15) is 0 Å². The van der Waals surface area contributed by atoms with E-state index in [1.54, 1.807) is 6.07 Å². The molecule has 1 rings (SSSR count). The van der Waals surface area contributed by atoms with E-state index in [4.69, 9.17) is 22.3 Å². The first-order valence-corrected chi connectivity index (χ1v) is 5.45. The predicted molar refractivity (Wildman–Crippen MR) is 62.2 cm³/mol. The summed E-state index contributed by atoms with van der Waals surface area (Å²) >= 11 is 5.78. The van der Waals surface area contributed by atoms with E-state index in [-0.39, 0.29) is 0 Å². The van der Waals surface area contributed by atoms with Crippen molar-refractivity contribution in [2.45, 2.75) is 4.90 Å². The average Bonchev–Trinajstić information content (AvgIpc) is 2.16. The Balaban J connectivity index is 3.25. The molecule has 0 saturated carbocycles. The summed E-state index contributed by atoms with van der Waals surface area (Å²) in [5.41, 5.74) is 1.48. The Morgan fingerprint density at radius 2 is 2.15 bits per heavy atom. The summed E-state index contributed by atoms with van der Waals surface area (Å²) in [5.74, 6) is 0. The second-order valence-corrected chi connectivity index (χ2v) is 3.86. The molecule has 0 saturated heterocycles. The predicted octanol–water partition coefficient (Wildman–Crippen LogP) is 4.47. The fourth-order valence-corrected chi connectivity index (χ4v) is 1.64. The van der Waals surface area contributed by atoms with Crippen LogP contribution in [0.1, 0.15) is 5.56 Å². The van der Waals surface area contributed by atoms with Crippen molar-refractivity contribution in [1.29, 1.82) is 0 Å². The number of nitrogens with zero attached hydrogens (tertiary/aromatic N) is 1. The smallest absolute Gasteiger partial charge is 0.0710 e. The van der Waals surface area contributed by atoms with Gasteiger partial charge < -0.3 is 0 Å². The third kappa shape index (κ3) is 2.50. The molecule has 0 aliphatic heterocycles. The summed E-state index contributed by atoms with van der Waals surface area (Å²) in [6.45, 7) is 7.07. The van der Waals surface area contributed by atoms with E-state index in [1.807, 2.05) is 12.1 Å². The molecule has 0 bridgehead atoms. The first-order valence-electron chi connectivity index (χ1n) is 3.43. The summed E-state index contributed by atoms with van der Waals surface area (Å²) < 4.78 is 0. The maximum atomic E-state index is 5.78. The van der Waals surface area contributed by atoms with Crippen molar-refractivity contribution in [2.75, 3.05) is 0 Å². The number of rotatable bonds is 3. The Morgan fingerprint density at radius 3 is 2.62 bits per heavy atom. The SMILES string of the molecule is C=Nc1ccc(SCl)cc1C(=C)Cl. The second-order valence-electron chi connectivity index (χ2n) is 2.32. The van der Waals surface area contributed by atoms with Crippen molar-refractivity contribution in [3.8, 4) is 0 Å². The molecule has 0 N–H and O–H groups in total. The van der Waals surface area contributed by atoms with Crippen LogP contribution in [0.15, 0.2) is 34.7 Å². The van der Waals surface area contributed by atoms with E-state index in [9.17, 15) is 0 Å². The van der Waals surface area contributed by atoms with Crippen molar-refractivity contribution in [2.24, 2.45) is 4.99 Å². The molecule has 0 spiro atoms. The maximum Gasteiger partial charge on any atom is 0.0710 e. The van der Waals surface area contributed by atoms with Crippen LogP contribution in [0.5, 0.6) is 0 Å². The highest BCUT2D eigenvalue weighted by Crippen LogP contribution is 2.32. The van der Waals surface area contributed by atoms with E-state index in [0.29, 0.717) is 5.03 Å². The highest BCUT2D eigenvalue weighted by molar-refractivity contribution is 8.21. The first-order chi connectivity index (χ1) is 6.19. The van der Waals surface area contributed by atoms with Crippen LogP contribution in [0, 0.1) is 0 Å². The Labute approximate surface area is 91.0 Å². The fourth-order valence-electron chi connectivity index (χ4n) is 0.918. The monoisotopic (exact) mass is 231 g/mol. The van der Waals surface area contributed by atoms with Crippen LogP contribution in [0.4, 0.5) is 5.69 Å². The molecule has 0 unspecified atom stereocenters. The van der Waals surface area contributed by atoms with Gasteiger partial charge in [0.2, 0.25) is 0 Å². The number of hydrogen-bond donors (Lipinski definition) is 0. The van der Waals surface area contributed by atoms with Crippen LogP contribution in [0.25, 0.3) is 5.03 Å². The van der Waals surface area contributed by atoms with Crippen LogP contribution in [0.2, 0.25) is 0 Å². The van der Waals surface area contributed by atoms with Gasteiger partial charge >= 0.3 is 0 Å². The minimum absolute atomic E-state index is 0.440. The van der Waals surface area contributed by atoms with Crippen molar-refractivity contribution < 1.29 is 0 Å². The zero-order valence-corrected chi connectivity index (χ0v) is 9.09. The van der Waals surface area contributed by atoms with Crippen molar-refractivity contribution in [1.82, 2.24) is 0 Å². The van der Waals surface area contributed by atoms with E-state index >= 15 is 0 Å². The molecule has 0 aliphatic carbocycles. The largest absolute Gasteiger partial charge is 0.264 e. The van der Waals surface area contributed by atoms with Gasteiger partial charge in [-0.1, -0.05) is 18.2 Å². The lowest BCUT2D eigenvalue weighted by Crippen LogP contribution is -1.78. The van der Waals surface area contributed by atoms with Crippen LogP contribution in [-0.4, -0.2) is 6.72 Å². The van der Waals surface area contributed by atoms with Gasteiger partial charge in [0.1, 0.15) is 0 Å². The fraction of sp³-hybridized carbons (Fsp3) is 0. The molecule has 13 heavy (non-hydrogen) atoms. The van der Waals surface area contributed by atoms with Crippen LogP contribution < -0.4 is 0 Å². The second kappa shape index (κ2) is 4.70. The van der Waals surface area contributed by atoms with Crippen molar-refractivity contribution in [3.63, 3.8) is 0 Å². The summed E-state index contributed by atoms with van der Waals surface area (Å²) in [4.78, 5) is 4.73. The van der Waals surface area contributed by atoms with E-state index in [2.05, 4.69) is 18.3 Å². The van der Waals surface area contributed by atoms with Gasteiger partial charge in [-0.25, -0.2) is 0 Å².